The van der Waals surface area contributed by atoms with E-state index in [1.807, 2.05) is 13.8 Å². The lowest BCUT2D eigenvalue weighted by Gasteiger charge is -2.41. The number of ketones is 1. The van der Waals surface area contributed by atoms with Gasteiger partial charge < -0.3 is 9.16 Å². The molecule has 0 rings (SSSR count). The minimum Gasteiger partial charge on any atom is -0.457 e. The van der Waals surface area contributed by atoms with Crippen molar-refractivity contribution in [2.24, 2.45) is 11.8 Å². The van der Waals surface area contributed by atoms with E-state index < -0.39 is 20.3 Å². The van der Waals surface area contributed by atoms with Gasteiger partial charge in [0.05, 0.1) is 12.0 Å². The van der Waals surface area contributed by atoms with Gasteiger partial charge in [-0.3, -0.25) is 9.59 Å². The van der Waals surface area contributed by atoms with Crippen molar-refractivity contribution in [3.8, 4) is 0 Å². The molecule has 4 nitrogen and oxygen atoms in total. The van der Waals surface area contributed by atoms with Crippen molar-refractivity contribution in [3.05, 3.63) is 24.3 Å². The van der Waals surface area contributed by atoms with E-state index in [2.05, 4.69) is 47.0 Å². The predicted octanol–water partition coefficient (Wildman–Crippen LogP) is 6.08. The lowest BCUT2D eigenvalue weighted by Crippen LogP contribution is -2.48. The molecule has 0 saturated carbocycles. The van der Waals surface area contributed by atoms with Crippen LogP contribution < -0.4 is 0 Å². The zero-order chi connectivity index (χ0) is 22.4. The van der Waals surface area contributed by atoms with E-state index in [0.29, 0.717) is 5.57 Å². The van der Waals surface area contributed by atoms with Gasteiger partial charge in [-0.1, -0.05) is 61.6 Å². The molecule has 0 aromatic rings. The molecule has 0 amide bonds. The van der Waals surface area contributed by atoms with Crippen molar-refractivity contribution in [3.63, 3.8) is 0 Å². The van der Waals surface area contributed by atoms with Gasteiger partial charge in [0.2, 0.25) is 0 Å². The van der Waals surface area contributed by atoms with Crippen LogP contribution in [0.4, 0.5) is 0 Å². The molecule has 0 aromatic carbocycles. The highest BCUT2D eigenvalue weighted by atomic mass is 28.4. The topological polar surface area (TPSA) is 52.6 Å². The van der Waals surface area contributed by atoms with Crippen LogP contribution in [-0.2, 0) is 18.8 Å². The first-order valence-corrected chi connectivity index (χ1v) is 13.3. The Morgan fingerprint density at radius 1 is 0.964 bits per heavy atom. The number of rotatable bonds is 11. The minimum atomic E-state index is -2.09. The summed E-state index contributed by atoms with van der Waals surface area (Å²) >= 11 is 0. The summed E-state index contributed by atoms with van der Waals surface area (Å²) in [6.07, 6.45) is 0.0589. The largest absolute Gasteiger partial charge is 0.457 e. The molecule has 0 saturated heterocycles. The van der Waals surface area contributed by atoms with Crippen LogP contribution in [0.1, 0.15) is 68.2 Å². The first-order valence-electron chi connectivity index (χ1n) is 10.3. The molecule has 0 aliphatic rings. The van der Waals surface area contributed by atoms with Gasteiger partial charge in [0.15, 0.2) is 8.32 Å². The first kappa shape index (κ1) is 26.8. The number of carbonyl (C=O) groups is 2. The summed E-state index contributed by atoms with van der Waals surface area (Å²) in [5, 5.41) is 0.0323. The van der Waals surface area contributed by atoms with E-state index in [4.69, 9.17) is 9.16 Å². The molecule has 0 spiro atoms. The minimum absolute atomic E-state index is 0.00946. The second-order valence-corrected chi connectivity index (χ2v) is 14.2. The van der Waals surface area contributed by atoms with Gasteiger partial charge in [-0.2, -0.15) is 0 Å². The van der Waals surface area contributed by atoms with E-state index in [9.17, 15) is 9.59 Å². The molecule has 0 aromatic heterocycles. The summed E-state index contributed by atoms with van der Waals surface area (Å²) in [6, 6.07) is 0. The molecule has 28 heavy (non-hydrogen) atoms. The van der Waals surface area contributed by atoms with Crippen LogP contribution in [-0.4, -0.2) is 32.3 Å². The fourth-order valence-corrected chi connectivity index (χ4v) is 4.16. The number of hydrogen-bond donors (Lipinski definition) is 0. The smallest absolute Gasteiger partial charge is 0.306 e. The van der Waals surface area contributed by atoms with E-state index in [0.717, 1.165) is 12.0 Å². The SMILES string of the molecule is C=C(CC)[C@@H](O[Si](C)(C)C(C)(C)C)[C@H](C)C(=O)[C@H](C)[C@@H](OC(=O)CC)C(=C)C. The Bertz CT molecular complexity index is 586. The summed E-state index contributed by atoms with van der Waals surface area (Å²) in [5.74, 6) is -1.18. The summed E-state index contributed by atoms with van der Waals surface area (Å²) in [5.41, 5.74) is 1.60. The van der Waals surface area contributed by atoms with Crippen LogP contribution in [0.25, 0.3) is 0 Å². The lowest BCUT2D eigenvalue weighted by molar-refractivity contribution is -0.151. The Kier molecular flexibility index (Phi) is 10.1. The molecule has 4 atom stereocenters. The maximum atomic E-state index is 13.3. The summed E-state index contributed by atoms with van der Waals surface area (Å²) in [4.78, 5) is 25.1. The van der Waals surface area contributed by atoms with E-state index in [-0.39, 0.29) is 35.2 Å². The Morgan fingerprint density at radius 2 is 1.43 bits per heavy atom. The molecule has 0 N–H and O–H groups in total. The first-order chi connectivity index (χ1) is 12.6. The number of esters is 1. The standard InChI is InChI=1S/C23H42O4Si/c1-13-16(5)22(27-28(11,12)23(8,9)10)18(7)20(25)17(6)21(15(3)4)26-19(24)14-2/h17-18,21-22H,3,5,13-14H2,1-2,4,6-12H3/t17-,18+,21-,22+/m0/s1. The monoisotopic (exact) mass is 410 g/mol. The third-order valence-corrected chi connectivity index (χ3v) is 10.4. The molecule has 0 unspecified atom stereocenters. The molecule has 162 valence electrons. The summed E-state index contributed by atoms with van der Waals surface area (Å²) in [7, 11) is -2.09. The van der Waals surface area contributed by atoms with Crippen LogP contribution in [0, 0.1) is 11.8 Å². The van der Waals surface area contributed by atoms with E-state index in [1.165, 1.54) is 0 Å². The predicted molar refractivity (Wildman–Crippen MR) is 120 cm³/mol. The second kappa shape index (κ2) is 10.5. The maximum Gasteiger partial charge on any atom is 0.306 e. The Labute approximate surface area is 173 Å². The third kappa shape index (κ3) is 7.00. The zero-order valence-electron chi connectivity index (χ0n) is 19.8. The average Bonchev–Trinajstić information content (AvgIpc) is 2.60. The van der Waals surface area contributed by atoms with Gasteiger partial charge in [0.1, 0.15) is 11.9 Å². The molecule has 5 heteroatoms. The highest BCUT2D eigenvalue weighted by Gasteiger charge is 2.43. The number of Topliss-reactive ketones (excluding diaryl/α,β-unsaturated/α-hetero) is 1. The summed E-state index contributed by atoms with van der Waals surface area (Å²) in [6.45, 7) is 28.3. The highest BCUT2D eigenvalue weighted by molar-refractivity contribution is 6.74. The highest BCUT2D eigenvalue weighted by Crippen LogP contribution is 2.39. The third-order valence-electron chi connectivity index (χ3n) is 5.92. The molecule has 0 fully saturated rings. The van der Waals surface area contributed by atoms with Gasteiger partial charge >= 0.3 is 5.97 Å². The van der Waals surface area contributed by atoms with E-state index >= 15 is 0 Å². The van der Waals surface area contributed by atoms with Gasteiger partial charge in [-0.05, 0) is 42.6 Å². The van der Waals surface area contributed by atoms with E-state index in [1.54, 1.807) is 20.8 Å². The Morgan fingerprint density at radius 3 is 1.79 bits per heavy atom. The van der Waals surface area contributed by atoms with Crippen molar-refractivity contribution < 1.29 is 18.8 Å². The molecular weight excluding hydrogens is 368 g/mol. The molecule has 0 aliphatic carbocycles. The molecule has 0 heterocycles. The molecule has 0 radical (unpaired) electrons. The van der Waals surface area contributed by atoms with Crippen LogP contribution in [0.5, 0.6) is 0 Å². The van der Waals surface area contributed by atoms with Crippen molar-refractivity contribution in [1.82, 2.24) is 0 Å². The van der Waals surface area contributed by atoms with Crippen molar-refractivity contribution in [2.45, 2.75) is 98.6 Å². The van der Waals surface area contributed by atoms with Gasteiger partial charge in [-0.15, -0.1) is 0 Å². The lowest BCUT2D eigenvalue weighted by atomic mass is 9.83. The van der Waals surface area contributed by atoms with Gasteiger partial charge in [0, 0.05) is 12.3 Å². The van der Waals surface area contributed by atoms with Crippen molar-refractivity contribution in [1.29, 1.82) is 0 Å². The molecular formula is C23H42O4Si. The van der Waals surface area contributed by atoms with Crippen molar-refractivity contribution >= 4 is 20.1 Å². The summed E-state index contributed by atoms with van der Waals surface area (Å²) < 4.78 is 12.1. The molecule has 0 bridgehead atoms. The normalized spacial score (nSPS) is 16.6. The second-order valence-electron chi connectivity index (χ2n) is 9.40. The number of carbonyl (C=O) groups excluding carboxylic acids is 2. The number of hydrogen-bond acceptors (Lipinski definition) is 4. The maximum absolute atomic E-state index is 13.3. The van der Waals surface area contributed by atoms with Gasteiger partial charge in [0.25, 0.3) is 0 Å². The van der Waals surface area contributed by atoms with Gasteiger partial charge in [-0.25, -0.2) is 0 Å². The zero-order valence-corrected chi connectivity index (χ0v) is 20.8. The van der Waals surface area contributed by atoms with Crippen LogP contribution in [0.2, 0.25) is 18.1 Å². The van der Waals surface area contributed by atoms with Crippen LogP contribution in [0.3, 0.4) is 0 Å². The van der Waals surface area contributed by atoms with Crippen LogP contribution >= 0.6 is 0 Å². The average molecular weight is 411 g/mol. The quantitative estimate of drug-likeness (QED) is 0.235. The fraction of sp³-hybridized carbons (Fsp3) is 0.739. The fourth-order valence-electron chi connectivity index (χ4n) is 2.80. The molecule has 0 aliphatic heterocycles. The number of ether oxygens (including phenoxy) is 1. The Hall–Kier alpha value is -1.20. The Balaban J connectivity index is 5.70. The van der Waals surface area contributed by atoms with Crippen molar-refractivity contribution in [2.75, 3.05) is 0 Å². The van der Waals surface area contributed by atoms with Crippen LogP contribution in [0.15, 0.2) is 24.3 Å².